The Bertz CT molecular complexity index is 2770. The first-order valence-electron chi connectivity index (χ1n) is 28.0. The Balaban J connectivity index is 1.31. The standard InChI is InChI=1S/C54H77N11O15S3/c1-7-28(3)34-22-56-42(68)24-58-49(76)36-20-33-32-18-30(59-41(67)10-9-17-82-83-54(5,6)16-15-47(74)80-65-44(70)13-14-45(65)71)11-12-35(32)63-52(33)81-27-39(60-43(69)25-57-48(34)75)50(77)61-37(21-46(72)73)53(79)64-26-31(66)19-40(64)51(78)62-38(23-55-36)29(4)8-2/h11-12,18,28-29,31,34,36-40,55,63,66H,7-10,13-17,19-27H2,1-6H3,(H,56,68)(H,57,75)(H,58,76)(H,59,67)(H,60,69)(H,61,77)(H,62,78)(H,72,73)/t28-,29?,31+,34-,36-,37-,38+,39-,40-/m0/s1. The zero-order valence-electron chi connectivity index (χ0n) is 47.5. The van der Waals surface area contributed by atoms with Crippen LogP contribution in [0.1, 0.15) is 111 Å². The summed E-state index contributed by atoms with van der Waals surface area (Å²) in [6, 6.07) is -1.30. The van der Waals surface area contributed by atoms with Crippen LogP contribution in [-0.4, -0.2) is 181 Å². The molecular formula is C54H77N11O15S3. The lowest BCUT2D eigenvalue weighted by molar-refractivity contribution is -0.197. The largest absolute Gasteiger partial charge is 0.481 e. The highest BCUT2D eigenvalue weighted by Gasteiger charge is 2.44. The number of hydrogen-bond donors (Lipinski definition) is 11. The summed E-state index contributed by atoms with van der Waals surface area (Å²) in [5.74, 6) is -9.82. The molecule has 4 aliphatic rings. The zero-order chi connectivity index (χ0) is 60.7. The van der Waals surface area contributed by atoms with E-state index in [2.05, 4.69) is 47.5 Å². The molecule has 456 valence electrons. The van der Waals surface area contributed by atoms with Crippen molar-refractivity contribution in [3.63, 3.8) is 0 Å². The van der Waals surface area contributed by atoms with E-state index in [1.807, 2.05) is 34.6 Å². The van der Waals surface area contributed by atoms with Gasteiger partial charge in [-0.15, -0.1) is 16.8 Å². The maximum Gasteiger partial charge on any atom is 0.333 e. The Morgan fingerprint density at radius 2 is 1.54 bits per heavy atom. The van der Waals surface area contributed by atoms with E-state index in [0.717, 1.165) is 16.7 Å². The van der Waals surface area contributed by atoms with Crippen molar-refractivity contribution in [1.29, 1.82) is 0 Å². The van der Waals surface area contributed by atoms with Crippen molar-refractivity contribution in [1.82, 2.24) is 52.2 Å². The molecule has 0 spiro atoms. The van der Waals surface area contributed by atoms with Crippen molar-refractivity contribution in [3.8, 4) is 0 Å². The summed E-state index contributed by atoms with van der Waals surface area (Å²) >= 11 is 1.05. The monoisotopic (exact) mass is 1220 g/mol. The van der Waals surface area contributed by atoms with E-state index in [9.17, 15) is 67.7 Å². The SMILES string of the molecule is CCC(C)[C@H]1CN[C@H]2Cc3c([nH]c4ccc(NC(=O)CCCSSC(C)(C)CCC(=O)ON5C(=O)CCC5=O)cc34)SC[C@H](NC(=O)CNC(=O)[C@H]([C@@H](C)CC)CNC(=O)CNC2=O)C(=O)N[C@@H](CC(=O)O)C(=O)N2C[C@H](O)C[C@H]2C(=O)N1. The summed E-state index contributed by atoms with van der Waals surface area (Å²) in [6.07, 6.45) is -0.327. The number of aromatic nitrogens is 1. The number of amides is 10. The fraction of sp³-hybridized carbons (Fsp3) is 0.630. The molecule has 29 heteroatoms. The minimum Gasteiger partial charge on any atom is -0.481 e. The summed E-state index contributed by atoms with van der Waals surface area (Å²) < 4.78 is -0.396. The maximum absolute atomic E-state index is 14.6. The van der Waals surface area contributed by atoms with Crippen LogP contribution in [0.4, 0.5) is 5.69 Å². The van der Waals surface area contributed by atoms with Crippen LogP contribution < -0.4 is 42.5 Å². The average Bonchev–Trinajstić information content (AvgIpc) is 4.32. The molecule has 26 nitrogen and oxygen atoms in total. The zero-order valence-corrected chi connectivity index (χ0v) is 49.9. The maximum atomic E-state index is 14.6. The molecular weight excluding hydrogens is 1140 g/mol. The number of thioether (sulfide) groups is 1. The van der Waals surface area contributed by atoms with Crippen molar-refractivity contribution in [2.24, 2.45) is 17.8 Å². The lowest BCUT2D eigenvalue weighted by Gasteiger charge is -2.32. The van der Waals surface area contributed by atoms with E-state index in [1.165, 1.54) is 21.6 Å². The van der Waals surface area contributed by atoms with E-state index in [1.54, 1.807) is 25.1 Å². The molecule has 0 aliphatic carbocycles. The number of aromatic amines is 1. The first kappa shape index (κ1) is 65.7. The van der Waals surface area contributed by atoms with Crippen LogP contribution in [0.15, 0.2) is 23.2 Å². The number of fused-ring (bicyclic) bond motifs is 5. The van der Waals surface area contributed by atoms with Gasteiger partial charge in [-0.1, -0.05) is 62.1 Å². The molecule has 1 aromatic carbocycles. The quantitative estimate of drug-likeness (QED) is 0.0598. The molecule has 0 saturated carbocycles. The molecule has 11 N–H and O–H groups in total. The Labute approximate surface area is 492 Å². The number of carboxylic acids is 1. The number of rotatable bonds is 17. The molecule has 1 unspecified atom stereocenters. The first-order valence-corrected chi connectivity index (χ1v) is 31.3. The van der Waals surface area contributed by atoms with Crippen LogP contribution in [0.3, 0.4) is 0 Å². The third kappa shape index (κ3) is 18.8. The molecule has 1 aromatic heterocycles. The number of carbonyl (C=O) groups is 12. The molecule has 2 fully saturated rings. The van der Waals surface area contributed by atoms with Gasteiger partial charge in [0, 0.05) is 90.6 Å². The second-order valence-corrected chi connectivity index (χ2v) is 26.1. The van der Waals surface area contributed by atoms with Gasteiger partial charge >= 0.3 is 11.9 Å². The van der Waals surface area contributed by atoms with E-state index < -0.39 is 132 Å². The number of hydrogen-bond acceptors (Lipinski definition) is 18. The third-order valence-electron chi connectivity index (χ3n) is 15.1. The van der Waals surface area contributed by atoms with E-state index in [-0.39, 0.29) is 81.7 Å². The van der Waals surface area contributed by atoms with Gasteiger partial charge in [0.15, 0.2) is 0 Å². The molecule has 6 rings (SSSR count). The minimum atomic E-state index is -1.77. The van der Waals surface area contributed by atoms with Gasteiger partial charge in [-0.2, -0.15) is 0 Å². The lowest BCUT2D eigenvalue weighted by atomic mass is 9.90. The number of hydroxylamine groups is 2. The number of aliphatic hydroxyl groups is 1. The Kier molecular flexibility index (Phi) is 24.1. The number of aliphatic hydroxyl groups excluding tert-OH is 1. The van der Waals surface area contributed by atoms with Crippen LogP contribution in [0.2, 0.25) is 0 Å². The summed E-state index contributed by atoms with van der Waals surface area (Å²) in [4.78, 5) is 170. The van der Waals surface area contributed by atoms with Crippen molar-refractivity contribution < 1.29 is 72.6 Å². The fourth-order valence-electron chi connectivity index (χ4n) is 9.74. The van der Waals surface area contributed by atoms with Gasteiger partial charge in [0.2, 0.25) is 47.3 Å². The number of nitrogens with zero attached hydrogens (tertiary/aromatic N) is 2. The van der Waals surface area contributed by atoms with Crippen LogP contribution >= 0.6 is 33.3 Å². The predicted octanol–water partition coefficient (Wildman–Crippen LogP) is 1.00. The van der Waals surface area contributed by atoms with Gasteiger partial charge in [0.1, 0.15) is 18.1 Å². The number of benzene rings is 1. The van der Waals surface area contributed by atoms with Crippen molar-refractivity contribution >= 4 is 121 Å². The number of imide groups is 1. The Hall–Kier alpha value is -6.43. The predicted molar refractivity (Wildman–Crippen MR) is 309 cm³/mol. The summed E-state index contributed by atoms with van der Waals surface area (Å²) in [6.45, 7) is 9.69. The molecule has 0 radical (unpaired) electrons. The molecule has 10 amide bonds. The number of nitrogens with one attached hydrogen (secondary N) is 9. The van der Waals surface area contributed by atoms with E-state index in [4.69, 9.17) is 4.84 Å². The minimum absolute atomic E-state index is 0.000485. The number of carboxylic acid groups (broad SMARTS) is 1. The van der Waals surface area contributed by atoms with Gasteiger partial charge in [0.25, 0.3) is 11.8 Å². The molecule has 2 bridgehead atoms. The van der Waals surface area contributed by atoms with Gasteiger partial charge < -0.3 is 67.5 Å². The number of H-pyrrole nitrogens is 1. The number of carbonyl (C=O) groups excluding carboxylic acids is 11. The number of aliphatic carboxylic acids is 1. The molecule has 5 heterocycles. The Morgan fingerprint density at radius 1 is 0.843 bits per heavy atom. The van der Waals surface area contributed by atoms with Crippen molar-refractivity contribution in [2.75, 3.05) is 49.5 Å². The topological polar surface area (TPSA) is 373 Å². The Morgan fingerprint density at radius 3 is 2.24 bits per heavy atom. The summed E-state index contributed by atoms with van der Waals surface area (Å²) in [7, 11) is 3.05. The van der Waals surface area contributed by atoms with Gasteiger partial charge in [-0.25, -0.2) is 4.79 Å². The van der Waals surface area contributed by atoms with Gasteiger partial charge in [-0.05, 0) is 68.7 Å². The second kappa shape index (κ2) is 30.4. The van der Waals surface area contributed by atoms with Crippen LogP contribution in [-0.2, 0) is 68.8 Å². The van der Waals surface area contributed by atoms with Gasteiger partial charge in [0.05, 0.1) is 42.6 Å². The molecule has 2 saturated heterocycles. The van der Waals surface area contributed by atoms with Crippen molar-refractivity contribution in [2.45, 2.75) is 158 Å². The summed E-state index contributed by atoms with van der Waals surface area (Å²) in [5, 5.41) is 44.8. The van der Waals surface area contributed by atoms with Gasteiger partial charge in [-0.3, -0.25) is 52.7 Å². The highest BCUT2D eigenvalue weighted by Crippen LogP contribution is 2.40. The highest BCUT2D eigenvalue weighted by atomic mass is 33.1. The lowest BCUT2D eigenvalue weighted by Crippen LogP contribution is -2.59. The molecule has 9 atom stereocenters. The first-order chi connectivity index (χ1) is 39.4. The van der Waals surface area contributed by atoms with Crippen LogP contribution in [0.5, 0.6) is 0 Å². The van der Waals surface area contributed by atoms with Crippen molar-refractivity contribution in [3.05, 3.63) is 23.8 Å². The molecule has 2 aromatic rings. The highest BCUT2D eigenvalue weighted by molar-refractivity contribution is 8.77. The van der Waals surface area contributed by atoms with E-state index >= 15 is 0 Å². The molecule has 4 aliphatic heterocycles. The normalized spacial score (nSPS) is 24.7. The average molecular weight is 1220 g/mol. The van der Waals surface area contributed by atoms with E-state index in [0.29, 0.717) is 63.7 Å². The fourth-order valence-corrected chi connectivity index (χ4v) is 13.5. The number of anilines is 1. The third-order valence-corrected chi connectivity index (χ3v) is 19.7. The smallest absolute Gasteiger partial charge is 0.333 e. The summed E-state index contributed by atoms with van der Waals surface area (Å²) in [5.41, 5.74) is 1.45. The molecule has 83 heavy (non-hydrogen) atoms. The van der Waals surface area contributed by atoms with Crippen LogP contribution in [0, 0.1) is 17.8 Å². The van der Waals surface area contributed by atoms with Crippen LogP contribution in [0.25, 0.3) is 10.9 Å². The second-order valence-electron chi connectivity index (χ2n) is 21.9.